The van der Waals surface area contributed by atoms with Crippen LogP contribution in [0.5, 0.6) is 0 Å². The Balaban J connectivity index is 1.77. The van der Waals surface area contributed by atoms with E-state index < -0.39 is 28.8 Å². The summed E-state index contributed by atoms with van der Waals surface area (Å²) in [6.45, 7) is 1.59. The quantitative estimate of drug-likeness (QED) is 0.573. The third-order valence-electron chi connectivity index (χ3n) is 4.01. The first kappa shape index (κ1) is 22.3. The molecule has 2 heterocycles. The second kappa shape index (κ2) is 8.79. The van der Waals surface area contributed by atoms with Crippen LogP contribution < -0.4 is 10.6 Å². The molecular formula is C18H12Cl2F3N7O. The van der Waals surface area contributed by atoms with Crippen molar-refractivity contribution in [2.45, 2.75) is 19.1 Å². The molecule has 0 aliphatic rings. The van der Waals surface area contributed by atoms with E-state index in [4.69, 9.17) is 28.5 Å². The Morgan fingerprint density at radius 2 is 1.97 bits per heavy atom. The minimum atomic E-state index is -4.72. The molecule has 3 rings (SSSR count). The van der Waals surface area contributed by atoms with Crippen molar-refractivity contribution < 1.29 is 18.0 Å². The summed E-state index contributed by atoms with van der Waals surface area (Å²) in [5, 5.41) is 17.0. The maximum Gasteiger partial charge on any atom is 0.417 e. The minimum Gasteiger partial charge on any atom is -0.328 e. The highest BCUT2D eigenvalue weighted by Crippen LogP contribution is 2.39. The number of carbonyl (C=O) groups is 1. The van der Waals surface area contributed by atoms with Crippen LogP contribution in [0.15, 0.2) is 36.8 Å². The molecule has 1 atom stereocenters. The number of anilines is 1. The predicted octanol–water partition coefficient (Wildman–Crippen LogP) is 4.74. The summed E-state index contributed by atoms with van der Waals surface area (Å²) in [5.41, 5.74) is -1.04. The van der Waals surface area contributed by atoms with E-state index in [1.54, 1.807) is 19.1 Å². The molecule has 0 fully saturated rings. The molecular weight excluding hydrogens is 458 g/mol. The lowest BCUT2D eigenvalue weighted by atomic mass is 10.2. The average molecular weight is 470 g/mol. The molecule has 1 aromatic carbocycles. The van der Waals surface area contributed by atoms with E-state index in [0.717, 1.165) is 6.07 Å². The van der Waals surface area contributed by atoms with Crippen molar-refractivity contribution in [3.05, 3.63) is 63.8 Å². The number of hydrogen-bond donors (Lipinski definition) is 2. The highest BCUT2D eigenvalue weighted by Gasteiger charge is 2.34. The van der Waals surface area contributed by atoms with Crippen molar-refractivity contribution in [3.63, 3.8) is 0 Å². The first-order valence-corrected chi connectivity index (χ1v) is 9.26. The first-order valence-electron chi connectivity index (χ1n) is 8.50. The smallest absolute Gasteiger partial charge is 0.328 e. The Kier molecular flexibility index (Phi) is 6.33. The number of pyridine rings is 1. The fourth-order valence-corrected chi connectivity index (χ4v) is 3.12. The van der Waals surface area contributed by atoms with Crippen molar-refractivity contribution in [2.24, 2.45) is 0 Å². The fraction of sp³-hybridized carbons (Fsp3) is 0.167. The van der Waals surface area contributed by atoms with E-state index in [0.29, 0.717) is 23.3 Å². The molecule has 0 saturated carbocycles. The van der Waals surface area contributed by atoms with Crippen LogP contribution in [-0.2, 0) is 6.18 Å². The number of amides is 2. The van der Waals surface area contributed by atoms with E-state index in [2.05, 4.69) is 25.7 Å². The van der Waals surface area contributed by atoms with Crippen LogP contribution in [0.4, 0.5) is 23.7 Å². The molecule has 0 radical (unpaired) electrons. The molecule has 8 nitrogen and oxygen atoms in total. The summed E-state index contributed by atoms with van der Waals surface area (Å²) in [4.78, 5) is 20.5. The number of nitrogens with zero attached hydrogens (tertiary/aromatic N) is 5. The molecule has 0 saturated heterocycles. The number of urea groups is 1. The van der Waals surface area contributed by atoms with Crippen LogP contribution in [-0.4, -0.2) is 25.8 Å². The maximum absolute atomic E-state index is 13.0. The topological polar surface area (TPSA) is 109 Å². The summed E-state index contributed by atoms with van der Waals surface area (Å²) in [6.07, 6.45) is -2.12. The molecule has 2 amide bonds. The molecule has 0 unspecified atom stereocenters. The SMILES string of the molecule is C[C@H](NC(=O)Nc1cc(C(F)(F)F)c(Cl)cc1Cl)c1ncnn1-c1ccc(C#N)cn1. The average Bonchev–Trinajstić information content (AvgIpc) is 3.19. The number of hydrogen-bond acceptors (Lipinski definition) is 5. The van der Waals surface area contributed by atoms with Crippen LogP contribution in [0.1, 0.15) is 29.9 Å². The fourth-order valence-electron chi connectivity index (χ4n) is 2.58. The summed E-state index contributed by atoms with van der Waals surface area (Å²) >= 11 is 11.5. The Labute approximate surface area is 183 Å². The van der Waals surface area contributed by atoms with E-state index in [9.17, 15) is 18.0 Å². The third kappa shape index (κ3) is 5.04. The van der Waals surface area contributed by atoms with Crippen molar-refractivity contribution >= 4 is 34.9 Å². The monoisotopic (exact) mass is 469 g/mol. The summed E-state index contributed by atoms with van der Waals surface area (Å²) < 4.78 is 40.5. The van der Waals surface area contributed by atoms with Crippen LogP contribution in [0.25, 0.3) is 5.82 Å². The van der Waals surface area contributed by atoms with E-state index in [-0.39, 0.29) is 10.7 Å². The van der Waals surface area contributed by atoms with Gasteiger partial charge in [0.1, 0.15) is 12.4 Å². The number of alkyl halides is 3. The highest BCUT2D eigenvalue weighted by molar-refractivity contribution is 6.37. The van der Waals surface area contributed by atoms with Gasteiger partial charge >= 0.3 is 12.2 Å². The molecule has 2 aromatic heterocycles. The second-order valence-corrected chi connectivity index (χ2v) is 6.99. The van der Waals surface area contributed by atoms with Crippen LogP contribution in [0.2, 0.25) is 10.0 Å². The van der Waals surface area contributed by atoms with Gasteiger partial charge in [0.15, 0.2) is 11.6 Å². The molecule has 2 N–H and O–H groups in total. The zero-order valence-electron chi connectivity index (χ0n) is 15.6. The van der Waals surface area contributed by atoms with Gasteiger partial charge in [0, 0.05) is 6.20 Å². The second-order valence-electron chi connectivity index (χ2n) is 6.18. The Hall–Kier alpha value is -3.36. The molecule has 0 bridgehead atoms. The molecule has 160 valence electrons. The summed E-state index contributed by atoms with van der Waals surface area (Å²) in [7, 11) is 0. The predicted molar refractivity (Wildman–Crippen MR) is 106 cm³/mol. The van der Waals surface area contributed by atoms with E-state index in [1.807, 2.05) is 6.07 Å². The van der Waals surface area contributed by atoms with Crippen LogP contribution in [0.3, 0.4) is 0 Å². The normalized spacial score (nSPS) is 12.2. The molecule has 13 heteroatoms. The zero-order chi connectivity index (χ0) is 22.8. The van der Waals surface area contributed by atoms with Gasteiger partial charge in [0.2, 0.25) is 0 Å². The number of nitrogens with one attached hydrogen (secondary N) is 2. The van der Waals surface area contributed by atoms with Crippen molar-refractivity contribution in [2.75, 3.05) is 5.32 Å². The maximum atomic E-state index is 13.0. The van der Waals surface area contributed by atoms with Gasteiger partial charge in [-0.15, -0.1) is 0 Å². The summed E-state index contributed by atoms with van der Waals surface area (Å²) in [6, 6.07) is 5.05. The Morgan fingerprint density at radius 3 is 2.58 bits per heavy atom. The van der Waals surface area contributed by atoms with Crippen LogP contribution in [0, 0.1) is 11.3 Å². The van der Waals surface area contributed by atoms with E-state index in [1.165, 1.54) is 17.2 Å². The van der Waals surface area contributed by atoms with Gasteiger partial charge in [-0.25, -0.2) is 14.8 Å². The molecule has 0 spiro atoms. The number of carbonyl (C=O) groups excluding carboxylic acids is 1. The number of rotatable bonds is 4. The number of aromatic nitrogens is 4. The van der Waals surface area contributed by atoms with Gasteiger partial charge in [-0.2, -0.15) is 28.2 Å². The Morgan fingerprint density at radius 1 is 1.23 bits per heavy atom. The lowest BCUT2D eigenvalue weighted by Gasteiger charge is -2.17. The number of nitriles is 1. The van der Waals surface area contributed by atoms with Gasteiger partial charge in [-0.1, -0.05) is 23.2 Å². The largest absolute Gasteiger partial charge is 0.417 e. The van der Waals surface area contributed by atoms with Gasteiger partial charge in [-0.05, 0) is 31.2 Å². The van der Waals surface area contributed by atoms with Gasteiger partial charge in [0.05, 0.1) is 32.9 Å². The zero-order valence-corrected chi connectivity index (χ0v) is 17.1. The molecule has 31 heavy (non-hydrogen) atoms. The van der Waals surface area contributed by atoms with Crippen LogP contribution >= 0.6 is 23.2 Å². The molecule has 0 aliphatic carbocycles. The number of benzene rings is 1. The van der Waals surface area contributed by atoms with Gasteiger partial charge in [0.25, 0.3) is 0 Å². The Bertz CT molecular complexity index is 1160. The van der Waals surface area contributed by atoms with Gasteiger partial charge in [-0.3, -0.25) is 0 Å². The van der Waals surface area contributed by atoms with Crippen molar-refractivity contribution in [1.29, 1.82) is 5.26 Å². The number of halogens is 5. The third-order valence-corrected chi connectivity index (χ3v) is 4.64. The van der Waals surface area contributed by atoms with Crippen molar-refractivity contribution in [1.82, 2.24) is 25.1 Å². The van der Waals surface area contributed by atoms with Gasteiger partial charge < -0.3 is 10.6 Å². The highest BCUT2D eigenvalue weighted by atomic mass is 35.5. The minimum absolute atomic E-state index is 0.161. The molecule has 0 aliphatic heterocycles. The van der Waals surface area contributed by atoms with E-state index >= 15 is 0 Å². The van der Waals surface area contributed by atoms with Crippen molar-refractivity contribution in [3.8, 4) is 11.9 Å². The summed E-state index contributed by atoms with van der Waals surface area (Å²) in [5.74, 6) is 0.654. The lowest BCUT2D eigenvalue weighted by Crippen LogP contribution is -2.32. The molecule has 3 aromatic rings. The first-order chi connectivity index (χ1) is 14.6. The lowest BCUT2D eigenvalue weighted by molar-refractivity contribution is -0.137. The standard InChI is InChI=1S/C18H12Cl2F3N7O/c1-9(16-26-8-27-30(16)15-3-2-10(6-24)7-25-15)28-17(31)29-14-4-11(18(21,22)23)12(19)5-13(14)20/h2-5,7-9H,1H3,(H2,28,29,31)/t9-/m0/s1.